The van der Waals surface area contributed by atoms with Gasteiger partial charge in [-0.3, -0.25) is 38.4 Å². The molecule has 3 N–H and O–H groups in total. The number of carbonyl (C=O) groups is 10. The van der Waals surface area contributed by atoms with Crippen molar-refractivity contribution in [2.75, 3.05) is 54.7 Å². The summed E-state index contributed by atoms with van der Waals surface area (Å²) in [5, 5.41) is 36.0. The Morgan fingerprint density at radius 1 is 0.784 bits per heavy atom. The van der Waals surface area contributed by atoms with Crippen molar-refractivity contribution in [2.24, 2.45) is 52.3 Å². The summed E-state index contributed by atoms with van der Waals surface area (Å²) in [6, 6.07) is -1.24. The SMILES string of the molecule is C=CCN(/C=C1/C(=O)O[C@H](COC)[C@@]2(C)C1=C(O)C(=O)C1=C2[C@H](OC(C)=O)C[C@@]2(C)C1CC[C@@H]2OC(=O)CCCCC(=O)O[C@@H]1CC[C@@H](C[C@@H](C)[C@@H]2CC(=O)[C@H](C)/C=C(\C)[C@@H](O)[C@@H](OC)C(=O)[C@H](C)C[C@H](C)/C=C/C=C/C=C(\C)[C@@H](OC)C[C@@H]3CC[C@@H](C)[C@@](O)(O3)C(=O)C(=O)N3CCCC[C@H]3C(=O)O2)C[C@H]1OC)CC=C. The van der Waals surface area contributed by atoms with Crippen LogP contribution < -0.4 is 0 Å². The lowest BCUT2D eigenvalue weighted by Gasteiger charge is -2.54. The number of cyclic esters (lactones) is 2. The van der Waals surface area contributed by atoms with Gasteiger partial charge < -0.3 is 72.5 Å². The summed E-state index contributed by atoms with van der Waals surface area (Å²) in [4.78, 5) is 145. The highest BCUT2D eigenvalue weighted by Gasteiger charge is 2.66. The highest BCUT2D eigenvalue weighted by molar-refractivity contribution is 6.39. The third-order valence-electron chi connectivity index (χ3n) is 24.7. The fourth-order valence-corrected chi connectivity index (χ4v) is 18.4. The predicted octanol–water partition coefficient (Wildman–Crippen LogP) is 10.8. The van der Waals surface area contributed by atoms with Gasteiger partial charge in [-0.1, -0.05) is 90.2 Å². The minimum absolute atomic E-state index is 0.0146. The Bertz CT molecular complexity index is 3660. The van der Waals surface area contributed by atoms with Crippen LogP contribution in [0.4, 0.5) is 0 Å². The number of ether oxygens (including phenoxy) is 10. The number of esters is 5. The molecule has 4 aliphatic heterocycles. The summed E-state index contributed by atoms with van der Waals surface area (Å²) in [5.74, 6) is -13.4. The number of piperidine rings is 1. The van der Waals surface area contributed by atoms with E-state index >= 15 is 0 Å². The van der Waals surface area contributed by atoms with E-state index in [1.54, 1.807) is 64.9 Å². The van der Waals surface area contributed by atoms with Crippen molar-refractivity contribution in [3.8, 4) is 0 Å². The number of aliphatic hydroxyl groups excluding tert-OH is 2. The molecule has 3 saturated heterocycles. The summed E-state index contributed by atoms with van der Waals surface area (Å²) in [6.45, 7) is 25.5. The average molecular weight is 1550 g/mol. The number of aliphatic hydroxyl groups is 3. The minimum Gasteiger partial charge on any atom is -0.504 e. The molecule has 4 heterocycles. The highest BCUT2D eigenvalue weighted by Crippen LogP contribution is 2.64. The van der Waals surface area contributed by atoms with E-state index in [0.717, 1.165) is 10.5 Å². The van der Waals surface area contributed by atoms with Crippen molar-refractivity contribution < 1.29 is 111 Å². The number of methoxy groups -OCH3 is 4. The van der Waals surface area contributed by atoms with E-state index in [0.29, 0.717) is 94.9 Å². The van der Waals surface area contributed by atoms with E-state index < -0.39 is 166 Å². The summed E-state index contributed by atoms with van der Waals surface area (Å²) in [7, 11) is 5.88. The Hall–Kier alpha value is -7.52. The molecule has 21 atom stereocenters. The number of ketones is 4. The summed E-state index contributed by atoms with van der Waals surface area (Å²) in [6.07, 6.45) is 12.5. The molecule has 8 rings (SSSR count). The molecule has 111 heavy (non-hydrogen) atoms. The highest BCUT2D eigenvalue weighted by atomic mass is 16.6. The third-order valence-corrected chi connectivity index (χ3v) is 24.7. The van der Waals surface area contributed by atoms with Crippen LogP contribution in [0.2, 0.25) is 0 Å². The first kappa shape index (κ1) is 89.0. The largest absolute Gasteiger partial charge is 0.504 e. The van der Waals surface area contributed by atoms with E-state index in [9.17, 15) is 63.3 Å². The van der Waals surface area contributed by atoms with Gasteiger partial charge in [0.05, 0.1) is 35.9 Å². The van der Waals surface area contributed by atoms with E-state index in [-0.39, 0.29) is 105 Å². The van der Waals surface area contributed by atoms with Gasteiger partial charge >= 0.3 is 29.8 Å². The van der Waals surface area contributed by atoms with Crippen molar-refractivity contribution in [3.05, 3.63) is 107 Å². The lowest BCUT2D eigenvalue weighted by atomic mass is 9.53. The second kappa shape index (κ2) is 39.5. The molecule has 2 bridgehead atoms. The molecule has 614 valence electrons. The van der Waals surface area contributed by atoms with Crippen LogP contribution in [0.5, 0.6) is 0 Å². The van der Waals surface area contributed by atoms with Gasteiger partial charge in [-0.2, -0.15) is 0 Å². The fraction of sp³-hybridized carbons (Fsp3) is 0.674. The standard InChI is InChI=1S/C86H122N2O23/c1-17-37-87(38-18-2)47-59-73-78(96)77(95)72-60-34-36-68(84(60,11)46-67(106-56(10)89)74(72)85(73,12)69(48-102-13)110-82(59)99)109-71(92)30-23-22-29-70(91)107-63-35-32-57(43-66(63)104-15)42-52(6)65-45-62(90)51(5)41-54(8)76(94)79(105-16)75(93)53(7)40-49(3)26-20-19-21-27-50(4)64(103-14)44-58-33-31-55(9)86(101,111-58)80(97)81(98)88-39-25-24-28-61(88)83(100)108-65/h17-21,26-27,41,47,49,51-53,55,57-58,60-61,63-69,76,79,94,96,101H,1-2,22-25,28-40,42-46,48H2,3-16H3/b21-19+,26-20+,50-27+,54-41+,59-47+/t49-,51-,52-,53-,55-,57+,58+,60?,61+,63-,64+,65+,66-,67-,68+,69-,76-,79+,84+,85+,86-/m1/s1. The molecule has 8 aliphatic rings. The molecule has 2 saturated carbocycles. The molecule has 0 radical (unpaired) electrons. The van der Waals surface area contributed by atoms with Crippen LogP contribution in [0.1, 0.15) is 191 Å². The van der Waals surface area contributed by atoms with Crippen LogP contribution in [-0.4, -0.2) is 212 Å². The summed E-state index contributed by atoms with van der Waals surface area (Å²) < 4.78 is 60.3. The number of unbranched alkanes of at least 4 members (excludes halogenated alkanes) is 1. The molecule has 1 amide bonds. The third kappa shape index (κ3) is 20.5. The number of allylic oxidation sites excluding steroid dienone is 7. The zero-order chi connectivity index (χ0) is 81.6. The number of fused-ring (bicyclic) bond motifs is 7. The van der Waals surface area contributed by atoms with Crippen LogP contribution >= 0.6 is 0 Å². The lowest BCUT2D eigenvalue weighted by Crippen LogP contribution is -2.61. The van der Waals surface area contributed by atoms with Gasteiger partial charge in [0.15, 0.2) is 11.5 Å². The molecule has 4 aliphatic carbocycles. The first-order valence-corrected chi connectivity index (χ1v) is 39.8. The van der Waals surface area contributed by atoms with Crippen LogP contribution in [0, 0.1) is 52.3 Å². The zero-order valence-electron chi connectivity index (χ0n) is 67.7. The molecule has 5 fully saturated rings. The van der Waals surface area contributed by atoms with Crippen molar-refractivity contribution in [1.29, 1.82) is 0 Å². The molecule has 0 aromatic rings. The van der Waals surface area contributed by atoms with Gasteiger partial charge in [0.1, 0.15) is 54.6 Å². The van der Waals surface area contributed by atoms with Gasteiger partial charge in [0, 0.05) is 121 Å². The first-order valence-electron chi connectivity index (χ1n) is 39.8. The molecule has 0 aromatic carbocycles. The number of nitrogens with zero attached hydrogens (tertiary/aromatic N) is 2. The van der Waals surface area contributed by atoms with Gasteiger partial charge in [0.2, 0.25) is 11.6 Å². The molecule has 1 unspecified atom stereocenters. The second-order valence-electron chi connectivity index (χ2n) is 32.7. The Kier molecular flexibility index (Phi) is 31.7. The van der Waals surface area contributed by atoms with Crippen LogP contribution in [0.3, 0.4) is 0 Å². The quantitative estimate of drug-likeness (QED) is 0.0240. The Morgan fingerprint density at radius 3 is 2.13 bits per heavy atom. The number of hydrogen-bond donors (Lipinski definition) is 3. The van der Waals surface area contributed by atoms with E-state index in [1.807, 2.05) is 58.1 Å². The fourth-order valence-electron chi connectivity index (χ4n) is 18.4. The monoisotopic (exact) mass is 1550 g/mol. The summed E-state index contributed by atoms with van der Waals surface area (Å²) in [5.41, 5.74) is -0.645. The molecular formula is C86H122N2O23. The molecular weight excluding hydrogens is 1430 g/mol. The Labute approximate surface area is 654 Å². The molecule has 0 spiro atoms. The number of amides is 1. The Balaban J connectivity index is 0.926. The molecule has 25 heteroatoms. The van der Waals surface area contributed by atoms with Gasteiger partial charge in [0.25, 0.3) is 11.7 Å². The van der Waals surface area contributed by atoms with Crippen LogP contribution in [-0.2, 0) is 95.3 Å². The van der Waals surface area contributed by atoms with Gasteiger partial charge in [-0.05, 0) is 157 Å². The van der Waals surface area contributed by atoms with Crippen molar-refractivity contribution in [2.45, 2.75) is 264 Å². The molecule has 0 aromatic heterocycles. The Morgan fingerprint density at radius 2 is 1.48 bits per heavy atom. The maximum atomic E-state index is 14.9. The van der Waals surface area contributed by atoms with E-state index in [2.05, 4.69) is 13.2 Å². The normalized spacial score (nSPS) is 36.6. The predicted molar refractivity (Wildman–Crippen MR) is 410 cm³/mol. The molecule has 25 nitrogen and oxygen atoms in total. The number of carbonyl (C=O) groups excluding carboxylic acids is 10. The number of hydrogen-bond acceptors (Lipinski definition) is 24. The lowest BCUT2D eigenvalue weighted by molar-refractivity contribution is -0.265. The zero-order valence-corrected chi connectivity index (χ0v) is 67.7. The average Bonchev–Trinajstić information content (AvgIpc) is 1.61. The van der Waals surface area contributed by atoms with Crippen molar-refractivity contribution in [3.63, 3.8) is 0 Å². The van der Waals surface area contributed by atoms with Crippen LogP contribution in [0.25, 0.3) is 0 Å². The van der Waals surface area contributed by atoms with E-state index in [1.165, 1.54) is 34.5 Å². The van der Waals surface area contributed by atoms with Crippen molar-refractivity contribution in [1.82, 2.24) is 9.80 Å². The first-order chi connectivity index (χ1) is 52.6. The minimum atomic E-state index is -2.51. The van der Waals surface area contributed by atoms with Crippen LogP contribution in [0.15, 0.2) is 107 Å². The maximum Gasteiger partial charge on any atom is 0.340 e. The smallest absolute Gasteiger partial charge is 0.340 e. The maximum absolute atomic E-state index is 14.9. The summed E-state index contributed by atoms with van der Waals surface area (Å²) >= 11 is 0. The van der Waals surface area contributed by atoms with Gasteiger partial charge in [-0.15, -0.1) is 13.2 Å². The topological polar surface area (TPSA) is 330 Å². The van der Waals surface area contributed by atoms with Gasteiger partial charge in [-0.25, -0.2) is 9.59 Å². The van der Waals surface area contributed by atoms with E-state index in [4.69, 9.17) is 47.4 Å². The second-order valence-corrected chi connectivity index (χ2v) is 32.7. The number of Topliss-reactive ketones (excluding diaryl/α,β-unsaturated/α-hetero) is 4. The van der Waals surface area contributed by atoms with Crippen molar-refractivity contribution >= 4 is 58.9 Å². The number of rotatable bonds is 21.